The topological polar surface area (TPSA) is 26.3 Å². The van der Waals surface area contributed by atoms with E-state index in [1.165, 1.54) is 17.7 Å². The van der Waals surface area contributed by atoms with E-state index >= 15 is 0 Å². The first kappa shape index (κ1) is 9.07. The summed E-state index contributed by atoms with van der Waals surface area (Å²) in [6.07, 6.45) is 3.53. The van der Waals surface area contributed by atoms with Crippen molar-refractivity contribution >= 4 is 6.54 Å². The van der Waals surface area contributed by atoms with Crippen LogP contribution in [0.3, 0.4) is 0 Å². The van der Waals surface area contributed by atoms with Crippen LogP contribution in [0.2, 0.25) is 0 Å². The molecule has 0 radical (unpaired) electrons. The maximum absolute atomic E-state index is 5.43. The Kier molecular flexibility index (Phi) is 2.58. The van der Waals surface area contributed by atoms with Crippen LogP contribution in [0.5, 0.6) is 0 Å². The van der Waals surface area contributed by atoms with E-state index in [0.29, 0.717) is 0 Å². The Bertz CT molecular complexity index is 362. The molecule has 13 heavy (non-hydrogen) atoms. The Morgan fingerprint density at radius 2 is 1.38 bits per heavy atom. The Morgan fingerprint density at radius 3 is 1.69 bits per heavy atom. The molecular formula is C10H10HgO2. The first-order valence-electron chi connectivity index (χ1n) is 4.33. The second kappa shape index (κ2) is 3.70. The summed E-state index contributed by atoms with van der Waals surface area (Å²) in [5.74, 6) is 0. The average molecular weight is 363 g/mol. The van der Waals surface area contributed by atoms with Crippen molar-refractivity contribution in [1.82, 2.24) is 0 Å². The summed E-state index contributed by atoms with van der Waals surface area (Å²) in [5, 5.41) is 0. The van der Waals surface area contributed by atoms with E-state index in [1.807, 2.05) is 12.1 Å². The zero-order valence-corrected chi connectivity index (χ0v) is 13.3. The van der Waals surface area contributed by atoms with Gasteiger partial charge in [0.1, 0.15) is 0 Å². The molecule has 64 valence electrons. The van der Waals surface area contributed by atoms with Crippen LogP contribution in [0.25, 0.3) is 0 Å². The van der Waals surface area contributed by atoms with Gasteiger partial charge in [-0.05, 0) is 0 Å². The van der Waals surface area contributed by atoms with Gasteiger partial charge in [-0.15, -0.1) is 0 Å². The fourth-order valence-corrected chi connectivity index (χ4v) is 6.93. The number of aryl methyl sites for hydroxylation is 2. The molecule has 0 saturated heterocycles. The van der Waals surface area contributed by atoms with Crippen molar-refractivity contribution in [1.29, 1.82) is 0 Å². The van der Waals surface area contributed by atoms with Crippen molar-refractivity contribution in [3.8, 4) is 0 Å². The van der Waals surface area contributed by atoms with Gasteiger partial charge in [-0.1, -0.05) is 0 Å². The van der Waals surface area contributed by atoms with Crippen molar-refractivity contribution in [2.75, 3.05) is 0 Å². The summed E-state index contributed by atoms with van der Waals surface area (Å²) in [6, 6.07) is 4.04. The van der Waals surface area contributed by atoms with Gasteiger partial charge in [0.15, 0.2) is 0 Å². The minimum absolute atomic E-state index is 1.21. The standard InChI is InChI=1S/2C5H5O.Hg/c2*1-5-2-3-6-4-5;/h2*2-3H,1H3;. The molecule has 0 aliphatic heterocycles. The van der Waals surface area contributed by atoms with Crippen LogP contribution in [0.1, 0.15) is 11.1 Å². The number of hydrogen-bond donors (Lipinski definition) is 0. The third kappa shape index (κ3) is 1.88. The van der Waals surface area contributed by atoms with Crippen LogP contribution in [0.15, 0.2) is 33.5 Å². The van der Waals surface area contributed by atoms with Crippen LogP contribution in [0.4, 0.5) is 0 Å². The quantitative estimate of drug-likeness (QED) is 0.757. The van der Waals surface area contributed by atoms with E-state index in [1.54, 1.807) is 12.5 Å². The van der Waals surface area contributed by atoms with Gasteiger partial charge in [-0.25, -0.2) is 0 Å². The normalized spacial score (nSPS) is 10.0. The molecule has 0 bridgehead atoms. The third-order valence-corrected chi connectivity index (χ3v) is 10.4. The van der Waals surface area contributed by atoms with Gasteiger partial charge in [-0.2, -0.15) is 0 Å². The molecule has 0 unspecified atom stereocenters. The Hall–Kier alpha value is -0.505. The van der Waals surface area contributed by atoms with Gasteiger partial charge in [0.25, 0.3) is 0 Å². The fraction of sp³-hybridized carbons (Fsp3) is 0.200. The maximum atomic E-state index is 5.43. The number of rotatable bonds is 2. The van der Waals surface area contributed by atoms with Crippen molar-refractivity contribution in [2.24, 2.45) is 0 Å². The van der Waals surface area contributed by atoms with Crippen LogP contribution < -0.4 is 6.54 Å². The molecule has 0 atom stereocenters. The second-order valence-electron chi connectivity index (χ2n) is 3.23. The van der Waals surface area contributed by atoms with E-state index in [4.69, 9.17) is 8.83 Å². The molecule has 0 N–H and O–H groups in total. The molecule has 3 heteroatoms. The first-order chi connectivity index (χ1) is 6.27. The molecular weight excluding hydrogens is 353 g/mol. The Balaban J connectivity index is 2.24. The summed E-state index contributed by atoms with van der Waals surface area (Å²) in [7, 11) is 0. The third-order valence-electron chi connectivity index (χ3n) is 2.26. The first-order valence-corrected chi connectivity index (χ1v) is 9.83. The van der Waals surface area contributed by atoms with E-state index in [0.717, 1.165) is 0 Å². The summed E-state index contributed by atoms with van der Waals surface area (Å²) in [6.45, 7) is 4.19. The van der Waals surface area contributed by atoms with Crippen LogP contribution in [-0.4, -0.2) is 0 Å². The molecule has 0 spiro atoms. The number of hydrogen-bond acceptors (Lipinski definition) is 2. The van der Waals surface area contributed by atoms with E-state index in [9.17, 15) is 0 Å². The molecule has 2 aromatic heterocycles. The fourth-order valence-electron chi connectivity index (χ4n) is 1.32. The monoisotopic (exact) mass is 364 g/mol. The summed E-state index contributed by atoms with van der Waals surface area (Å²) in [5.41, 5.74) is 2.55. The van der Waals surface area contributed by atoms with E-state index < -0.39 is 24.6 Å². The predicted octanol–water partition coefficient (Wildman–Crippen LogP) is 1.52. The molecule has 0 aromatic carbocycles. The van der Waals surface area contributed by atoms with Gasteiger partial charge in [-0.3, -0.25) is 0 Å². The molecule has 0 aliphatic carbocycles. The van der Waals surface area contributed by atoms with Crippen molar-refractivity contribution in [3.05, 3.63) is 35.8 Å². The van der Waals surface area contributed by atoms with Gasteiger partial charge in [0.05, 0.1) is 0 Å². The van der Waals surface area contributed by atoms with Gasteiger partial charge in [0, 0.05) is 0 Å². The van der Waals surface area contributed by atoms with Crippen LogP contribution >= 0.6 is 0 Å². The Labute approximate surface area is 89.4 Å². The number of furan rings is 2. The van der Waals surface area contributed by atoms with Crippen LogP contribution in [-0.2, 0) is 24.6 Å². The second-order valence-corrected chi connectivity index (χ2v) is 9.60. The summed E-state index contributed by atoms with van der Waals surface area (Å²) in [4.78, 5) is 0. The molecule has 0 aliphatic rings. The molecule has 2 nitrogen and oxygen atoms in total. The van der Waals surface area contributed by atoms with E-state index in [-0.39, 0.29) is 0 Å². The molecule has 2 aromatic rings. The van der Waals surface area contributed by atoms with Crippen molar-refractivity contribution in [3.63, 3.8) is 0 Å². The van der Waals surface area contributed by atoms with Gasteiger partial charge >= 0.3 is 89.6 Å². The predicted molar refractivity (Wildman–Crippen MR) is 46.2 cm³/mol. The molecule has 0 saturated carbocycles. The SMILES string of the molecule is Cc1cco[c]1[Hg][c]1occc1C. The summed E-state index contributed by atoms with van der Waals surface area (Å²) < 4.78 is 13.3. The average Bonchev–Trinajstić information content (AvgIpc) is 2.65. The Morgan fingerprint density at radius 1 is 0.923 bits per heavy atom. The van der Waals surface area contributed by atoms with Crippen molar-refractivity contribution in [2.45, 2.75) is 13.8 Å². The van der Waals surface area contributed by atoms with Gasteiger partial charge in [0.2, 0.25) is 0 Å². The minimum atomic E-state index is -1.31. The summed E-state index contributed by atoms with van der Waals surface area (Å²) >= 11 is -1.31. The zero-order valence-electron chi connectivity index (χ0n) is 7.83. The molecule has 0 fully saturated rings. The molecule has 2 heterocycles. The molecule has 2 rings (SSSR count). The molecule has 0 amide bonds. The van der Waals surface area contributed by atoms with E-state index in [2.05, 4.69) is 13.8 Å². The zero-order chi connectivity index (χ0) is 9.26. The van der Waals surface area contributed by atoms with Gasteiger partial charge < -0.3 is 0 Å². The van der Waals surface area contributed by atoms with Crippen molar-refractivity contribution < 1.29 is 33.4 Å². The van der Waals surface area contributed by atoms with Crippen LogP contribution in [0, 0.1) is 13.8 Å².